The van der Waals surface area contributed by atoms with Crippen molar-refractivity contribution in [2.24, 2.45) is 7.05 Å². The summed E-state index contributed by atoms with van der Waals surface area (Å²) in [7, 11) is 1.79. The predicted octanol–water partition coefficient (Wildman–Crippen LogP) is 1.50. The summed E-state index contributed by atoms with van der Waals surface area (Å²) in [6.07, 6.45) is 4.96. The average molecular weight is 245 g/mol. The average Bonchev–Trinajstić information content (AvgIpc) is 2.76. The van der Waals surface area contributed by atoms with E-state index < -0.39 is 0 Å². The largest absolute Gasteiger partial charge is 0.384 e. The lowest BCUT2D eigenvalue weighted by molar-refractivity contribution is 0.102. The fourth-order valence-electron chi connectivity index (χ4n) is 1.52. The second kappa shape index (κ2) is 5.31. The van der Waals surface area contributed by atoms with Gasteiger partial charge in [-0.1, -0.05) is 0 Å². The third-order valence-electron chi connectivity index (χ3n) is 2.34. The lowest BCUT2D eigenvalue weighted by Gasteiger charge is -2.04. The zero-order valence-electron chi connectivity index (χ0n) is 10.3. The molecule has 0 saturated carbocycles. The summed E-state index contributed by atoms with van der Waals surface area (Å²) in [6.45, 7) is 2.83. The topological polar surface area (TPSA) is 71.8 Å². The maximum Gasteiger partial charge on any atom is 0.274 e. The molecule has 0 atom stereocenters. The number of nitrogens with one attached hydrogen (secondary N) is 2. The summed E-state index contributed by atoms with van der Waals surface area (Å²) in [5.74, 6) is -0.244. The van der Waals surface area contributed by atoms with E-state index in [9.17, 15) is 4.79 Å². The summed E-state index contributed by atoms with van der Waals surface area (Å²) >= 11 is 0. The van der Waals surface area contributed by atoms with Gasteiger partial charge in [-0.15, -0.1) is 0 Å². The Hall–Kier alpha value is -2.37. The number of anilines is 2. The molecule has 2 heterocycles. The molecule has 2 N–H and O–H groups in total. The maximum atomic E-state index is 11.9. The number of hydrogen-bond donors (Lipinski definition) is 2. The second-order valence-electron chi connectivity index (χ2n) is 3.82. The normalized spacial score (nSPS) is 10.1. The fourth-order valence-corrected chi connectivity index (χ4v) is 1.52. The quantitative estimate of drug-likeness (QED) is 0.856. The number of pyridine rings is 1. The minimum Gasteiger partial charge on any atom is -0.384 e. The van der Waals surface area contributed by atoms with Crippen LogP contribution < -0.4 is 10.6 Å². The molecule has 0 radical (unpaired) electrons. The molecule has 94 valence electrons. The maximum absolute atomic E-state index is 11.9. The standard InChI is InChI=1S/C12H15N5O/c1-3-13-9-4-5-11(14-6-9)12(18)16-10-7-15-17(2)8-10/h4-8,13H,3H2,1-2H3,(H,16,18). The molecule has 2 rings (SSSR count). The van der Waals surface area contributed by atoms with E-state index in [1.54, 1.807) is 36.4 Å². The van der Waals surface area contributed by atoms with Crippen LogP contribution in [-0.2, 0) is 7.05 Å². The highest BCUT2D eigenvalue weighted by molar-refractivity contribution is 6.02. The van der Waals surface area contributed by atoms with Gasteiger partial charge >= 0.3 is 0 Å². The van der Waals surface area contributed by atoms with E-state index in [2.05, 4.69) is 20.7 Å². The molecule has 1 amide bonds. The van der Waals surface area contributed by atoms with Gasteiger partial charge in [-0.25, -0.2) is 4.98 Å². The molecule has 0 spiro atoms. The molecular formula is C12H15N5O. The highest BCUT2D eigenvalue weighted by Crippen LogP contribution is 2.09. The molecule has 6 nitrogen and oxygen atoms in total. The van der Waals surface area contributed by atoms with E-state index in [0.29, 0.717) is 11.4 Å². The van der Waals surface area contributed by atoms with Crippen molar-refractivity contribution in [3.05, 3.63) is 36.4 Å². The van der Waals surface area contributed by atoms with Crippen LogP contribution in [0.4, 0.5) is 11.4 Å². The first-order valence-corrected chi connectivity index (χ1v) is 5.69. The van der Waals surface area contributed by atoms with Gasteiger partial charge in [0.2, 0.25) is 0 Å². The molecule has 0 bridgehead atoms. The van der Waals surface area contributed by atoms with Gasteiger partial charge in [0.1, 0.15) is 5.69 Å². The molecule has 0 aliphatic rings. The van der Waals surface area contributed by atoms with Gasteiger partial charge in [0, 0.05) is 19.8 Å². The predicted molar refractivity (Wildman–Crippen MR) is 69.6 cm³/mol. The number of amides is 1. The van der Waals surface area contributed by atoms with Crippen LogP contribution in [0.25, 0.3) is 0 Å². The number of carbonyl (C=O) groups is 1. The first-order valence-electron chi connectivity index (χ1n) is 5.69. The highest BCUT2D eigenvalue weighted by atomic mass is 16.1. The molecule has 0 aromatic carbocycles. The van der Waals surface area contributed by atoms with E-state index in [0.717, 1.165) is 12.2 Å². The molecule has 18 heavy (non-hydrogen) atoms. The number of aryl methyl sites for hydroxylation is 1. The Morgan fingerprint density at radius 3 is 2.72 bits per heavy atom. The van der Waals surface area contributed by atoms with Crippen molar-refractivity contribution in [3.8, 4) is 0 Å². The summed E-state index contributed by atoms with van der Waals surface area (Å²) in [6, 6.07) is 3.51. The van der Waals surface area contributed by atoms with Crippen molar-refractivity contribution in [1.29, 1.82) is 0 Å². The Morgan fingerprint density at radius 1 is 1.33 bits per heavy atom. The van der Waals surface area contributed by atoms with Crippen LogP contribution in [-0.4, -0.2) is 27.2 Å². The van der Waals surface area contributed by atoms with Gasteiger partial charge in [-0.3, -0.25) is 9.48 Å². The Balaban J connectivity index is 2.04. The molecule has 0 unspecified atom stereocenters. The molecule has 0 saturated heterocycles. The third kappa shape index (κ3) is 2.85. The fraction of sp³-hybridized carbons (Fsp3) is 0.250. The van der Waals surface area contributed by atoms with Gasteiger partial charge in [-0.05, 0) is 19.1 Å². The Kier molecular flexibility index (Phi) is 3.57. The smallest absolute Gasteiger partial charge is 0.274 e. The van der Waals surface area contributed by atoms with Crippen molar-refractivity contribution in [2.75, 3.05) is 17.2 Å². The van der Waals surface area contributed by atoms with E-state index in [1.165, 1.54) is 0 Å². The summed E-state index contributed by atoms with van der Waals surface area (Å²) < 4.78 is 1.62. The first-order chi connectivity index (χ1) is 8.69. The van der Waals surface area contributed by atoms with Crippen molar-refractivity contribution >= 4 is 17.3 Å². The molecule has 0 aliphatic carbocycles. The SMILES string of the molecule is CCNc1ccc(C(=O)Nc2cnn(C)c2)nc1. The van der Waals surface area contributed by atoms with Gasteiger partial charge in [0.15, 0.2) is 0 Å². The second-order valence-corrected chi connectivity index (χ2v) is 3.82. The zero-order valence-corrected chi connectivity index (χ0v) is 10.3. The molecule has 6 heteroatoms. The number of nitrogens with zero attached hydrogens (tertiary/aromatic N) is 3. The molecule has 0 aliphatic heterocycles. The van der Waals surface area contributed by atoms with Crippen molar-refractivity contribution in [1.82, 2.24) is 14.8 Å². The van der Waals surface area contributed by atoms with Crippen LogP contribution in [0, 0.1) is 0 Å². The van der Waals surface area contributed by atoms with E-state index in [4.69, 9.17) is 0 Å². The van der Waals surface area contributed by atoms with Crippen molar-refractivity contribution in [3.63, 3.8) is 0 Å². The zero-order chi connectivity index (χ0) is 13.0. The van der Waals surface area contributed by atoms with Crippen LogP contribution in [0.2, 0.25) is 0 Å². The number of rotatable bonds is 4. The van der Waals surface area contributed by atoms with Gasteiger partial charge in [-0.2, -0.15) is 5.10 Å². The number of carbonyl (C=O) groups excluding carboxylic acids is 1. The molecule has 0 fully saturated rings. The van der Waals surface area contributed by atoms with Crippen LogP contribution >= 0.6 is 0 Å². The highest BCUT2D eigenvalue weighted by Gasteiger charge is 2.08. The monoisotopic (exact) mass is 245 g/mol. The lowest BCUT2D eigenvalue weighted by Crippen LogP contribution is -2.13. The third-order valence-corrected chi connectivity index (χ3v) is 2.34. The Bertz CT molecular complexity index is 532. The van der Waals surface area contributed by atoms with Crippen LogP contribution in [0.1, 0.15) is 17.4 Å². The van der Waals surface area contributed by atoms with Gasteiger partial charge in [0.25, 0.3) is 5.91 Å². The minimum absolute atomic E-state index is 0.244. The van der Waals surface area contributed by atoms with E-state index >= 15 is 0 Å². The Labute approximate surface area is 105 Å². The molecular weight excluding hydrogens is 230 g/mol. The summed E-state index contributed by atoms with van der Waals surface area (Å²) in [5, 5.41) is 9.82. The number of hydrogen-bond acceptors (Lipinski definition) is 4. The van der Waals surface area contributed by atoms with Crippen LogP contribution in [0.3, 0.4) is 0 Å². The summed E-state index contributed by atoms with van der Waals surface area (Å²) in [5.41, 5.74) is 1.93. The van der Waals surface area contributed by atoms with Crippen LogP contribution in [0.15, 0.2) is 30.7 Å². The van der Waals surface area contributed by atoms with Gasteiger partial charge in [0.05, 0.1) is 23.8 Å². The van der Waals surface area contributed by atoms with Crippen molar-refractivity contribution in [2.45, 2.75) is 6.92 Å². The van der Waals surface area contributed by atoms with Gasteiger partial charge < -0.3 is 10.6 Å². The first kappa shape index (κ1) is 12.1. The molecule has 2 aromatic rings. The van der Waals surface area contributed by atoms with E-state index in [-0.39, 0.29) is 5.91 Å². The van der Waals surface area contributed by atoms with E-state index in [1.807, 2.05) is 13.0 Å². The minimum atomic E-state index is -0.244. The van der Waals surface area contributed by atoms with Crippen molar-refractivity contribution < 1.29 is 4.79 Å². The summed E-state index contributed by atoms with van der Waals surface area (Å²) in [4.78, 5) is 16.0. The van der Waals surface area contributed by atoms with Crippen LogP contribution in [0.5, 0.6) is 0 Å². The number of aromatic nitrogens is 3. The lowest BCUT2D eigenvalue weighted by atomic mass is 10.3. The molecule has 2 aromatic heterocycles. The Morgan fingerprint density at radius 2 is 2.17 bits per heavy atom.